The highest BCUT2D eigenvalue weighted by Crippen LogP contribution is 2.37. The average Bonchev–Trinajstić information content (AvgIpc) is 2.80. The molecule has 1 N–H and O–H groups in total. The number of likely N-dealkylation sites (N-methyl/N-ethyl adjacent to an activating group) is 1. The lowest BCUT2D eigenvalue weighted by atomic mass is 10.0. The van der Waals surface area contributed by atoms with E-state index in [1.54, 1.807) is 25.8 Å². The van der Waals surface area contributed by atoms with Gasteiger partial charge in [-0.3, -0.25) is 4.79 Å². The van der Waals surface area contributed by atoms with Crippen LogP contribution in [0.5, 0.6) is 0 Å². The smallest absolute Gasteiger partial charge is 0.225 e. The predicted molar refractivity (Wildman–Crippen MR) is 55.8 cm³/mol. The zero-order chi connectivity index (χ0) is 10.9. The van der Waals surface area contributed by atoms with Crippen LogP contribution in [0, 0.1) is 11.8 Å². The Kier molecular flexibility index (Phi) is 3.20. The minimum atomic E-state index is -0.798. The van der Waals surface area contributed by atoms with Gasteiger partial charge in [0.05, 0.1) is 5.60 Å². The lowest BCUT2D eigenvalue weighted by Crippen LogP contribution is -2.42. The van der Waals surface area contributed by atoms with Crippen LogP contribution in [0.2, 0.25) is 0 Å². The van der Waals surface area contributed by atoms with Crippen molar-refractivity contribution in [3.63, 3.8) is 0 Å². The fraction of sp³-hybridized carbons (Fsp3) is 0.909. The topological polar surface area (TPSA) is 40.5 Å². The third-order valence-electron chi connectivity index (χ3n) is 2.72. The van der Waals surface area contributed by atoms with Crippen LogP contribution in [0.1, 0.15) is 33.6 Å². The molecule has 1 fully saturated rings. The molecule has 0 radical (unpaired) electrons. The summed E-state index contributed by atoms with van der Waals surface area (Å²) in [4.78, 5) is 13.5. The van der Waals surface area contributed by atoms with Gasteiger partial charge in [-0.1, -0.05) is 6.92 Å². The second kappa shape index (κ2) is 3.89. The van der Waals surface area contributed by atoms with Gasteiger partial charge in [0, 0.05) is 19.5 Å². The van der Waals surface area contributed by atoms with Crippen molar-refractivity contribution in [2.75, 3.05) is 13.6 Å². The molecular weight excluding hydrogens is 178 g/mol. The van der Waals surface area contributed by atoms with E-state index < -0.39 is 5.60 Å². The Balaban J connectivity index is 2.43. The van der Waals surface area contributed by atoms with Crippen molar-refractivity contribution >= 4 is 5.91 Å². The molecule has 0 spiro atoms. The normalized spacial score (nSPS) is 19.2. The molecule has 0 aromatic rings. The van der Waals surface area contributed by atoms with E-state index in [2.05, 4.69) is 0 Å². The van der Waals surface area contributed by atoms with E-state index in [4.69, 9.17) is 0 Å². The van der Waals surface area contributed by atoms with Crippen molar-refractivity contribution in [3.8, 4) is 0 Å². The quantitative estimate of drug-likeness (QED) is 0.740. The van der Waals surface area contributed by atoms with Crippen LogP contribution in [0.15, 0.2) is 0 Å². The van der Waals surface area contributed by atoms with Crippen molar-refractivity contribution in [2.45, 2.75) is 39.2 Å². The average molecular weight is 199 g/mol. The van der Waals surface area contributed by atoms with Crippen molar-refractivity contribution in [3.05, 3.63) is 0 Å². The summed E-state index contributed by atoms with van der Waals surface area (Å²) in [6, 6.07) is 0. The molecule has 0 aromatic carbocycles. The Morgan fingerprint density at radius 2 is 2.07 bits per heavy atom. The van der Waals surface area contributed by atoms with E-state index in [9.17, 15) is 9.90 Å². The zero-order valence-electron chi connectivity index (χ0n) is 9.58. The van der Waals surface area contributed by atoms with Gasteiger partial charge in [-0.05, 0) is 32.6 Å². The summed E-state index contributed by atoms with van der Waals surface area (Å²) >= 11 is 0. The van der Waals surface area contributed by atoms with Gasteiger partial charge in [0.25, 0.3) is 0 Å². The molecule has 0 heterocycles. The van der Waals surface area contributed by atoms with Gasteiger partial charge in [-0.15, -0.1) is 0 Å². The second-order valence-corrected chi connectivity index (χ2v) is 5.13. The van der Waals surface area contributed by atoms with Crippen LogP contribution >= 0.6 is 0 Å². The van der Waals surface area contributed by atoms with E-state index in [0.717, 1.165) is 0 Å². The number of carbonyl (C=O) groups is 1. The molecule has 82 valence electrons. The highest BCUT2D eigenvalue weighted by molar-refractivity contribution is 5.78. The molecule has 1 rings (SSSR count). The summed E-state index contributed by atoms with van der Waals surface area (Å²) in [5, 5.41) is 9.58. The molecule has 1 atom stereocenters. The first kappa shape index (κ1) is 11.5. The fourth-order valence-electron chi connectivity index (χ4n) is 1.80. The molecule has 0 bridgehead atoms. The predicted octanol–water partition coefficient (Wildman–Crippen LogP) is 1.26. The van der Waals surface area contributed by atoms with E-state index in [1.165, 1.54) is 12.8 Å². The molecule has 1 amide bonds. The minimum absolute atomic E-state index is 0.127. The highest BCUT2D eigenvalue weighted by Gasteiger charge is 2.34. The zero-order valence-corrected chi connectivity index (χ0v) is 9.58. The maximum Gasteiger partial charge on any atom is 0.225 e. The maximum absolute atomic E-state index is 11.8. The van der Waals surface area contributed by atoms with E-state index in [-0.39, 0.29) is 11.8 Å². The number of hydrogen-bond donors (Lipinski definition) is 1. The molecule has 0 aliphatic heterocycles. The van der Waals surface area contributed by atoms with E-state index in [0.29, 0.717) is 12.5 Å². The third kappa shape index (κ3) is 3.29. The Morgan fingerprint density at radius 1 is 1.57 bits per heavy atom. The van der Waals surface area contributed by atoms with Gasteiger partial charge in [0.1, 0.15) is 0 Å². The molecule has 0 aromatic heterocycles. The van der Waals surface area contributed by atoms with Crippen LogP contribution in [-0.2, 0) is 4.79 Å². The molecule has 0 saturated heterocycles. The lowest BCUT2D eigenvalue weighted by Gasteiger charge is -2.27. The van der Waals surface area contributed by atoms with Gasteiger partial charge >= 0.3 is 0 Å². The number of carbonyl (C=O) groups excluding carboxylic acids is 1. The van der Waals surface area contributed by atoms with Crippen molar-refractivity contribution < 1.29 is 9.90 Å². The Bertz CT molecular complexity index is 216. The maximum atomic E-state index is 11.8. The van der Waals surface area contributed by atoms with Crippen molar-refractivity contribution in [1.82, 2.24) is 4.90 Å². The van der Waals surface area contributed by atoms with Crippen molar-refractivity contribution in [2.24, 2.45) is 11.8 Å². The molecule has 3 nitrogen and oxygen atoms in total. The molecule has 1 unspecified atom stereocenters. The van der Waals surface area contributed by atoms with Gasteiger partial charge in [-0.25, -0.2) is 0 Å². The van der Waals surface area contributed by atoms with Gasteiger partial charge < -0.3 is 10.0 Å². The summed E-state index contributed by atoms with van der Waals surface area (Å²) < 4.78 is 0. The first-order valence-corrected chi connectivity index (χ1v) is 5.28. The summed E-state index contributed by atoms with van der Waals surface area (Å²) in [7, 11) is 1.76. The van der Waals surface area contributed by atoms with E-state index in [1.807, 2.05) is 6.92 Å². The SMILES string of the molecule is CC(C(=O)N(C)CC(C)(C)O)C1CC1. The first-order valence-electron chi connectivity index (χ1n) is 5.28. The van der Waals surface area contributed by atoms with Crippen LogP contribution in [0.3, 0.4) is 0 Å². The van der Waals surface area contributed by atoms with Crippen LogP contribution in [0.25, 0.3) is 0 Å². The van der Waals surface area contributed by atoms with E-state index >= 15 is 0 Å². The van der Waals surface area contributed by atoms with Crippen molar-refractivity contribution in [1.29, 1.82) is 0 Å². The number of nitrogens with zero attached hydrogens (tertiary/aromatic N) is 1. The molecule has 1 aliphatic carbocycles. The molecule has 1 saturated carbocycles. The number of hydrogen-bond acceptors (Lipinski definition) is 2. The van der Waals surface area contributed by atoms with Gasteiger partial charge in [0.15, 0.2) is 0 Å². The molecule has 1 aliphatic rings. The highest BCUT2D eigenvalue weighted by atomic mass is 16.3. The molecule has 3 heteroatoms. The monoisotopic (exact) mass is 199 g/mol. The summed E-state index contributed by atoms with van der Waals surface area (Å²) in [5.74, 6) is 0.878. The van der Waals surface area contributed by atoms with Crippen LogP contribution in [0.4, 0.5) is 0 Å². The first-order chi connectivity index (χ1) is 6.31. The Labute approximate surface area is 86.1 Å². The number of amides is 1. The summed E-state index contributed by atoms with van der Waals surface area (Å²) in [5.41, 5.74) is -0.798. The van der Waals surface area contributed by atoms with Gasteiger partial charge in [0.2, 0.25) is 5.91 Å². The van der Waals surface area contributed by atoms with Crippen LogP contribution < -0.4 is 0 Å². The Morgan fingerprint density at radius 3 is 2.43 bits per heavy atom. The fourth-order valence-corrected chi connectivity index (χ4v) is 1.80. The number of rotatable bonds is 4. The minimum Gasteiger partial charge on any atom is -0.389 e. The van der Waals surface area contributed by atoms with Crippen LogP contribution in [-0.4, -0.2) is 35.1 Å². The summed E-state index contributed by atoms with van der Waals surface area (Å²) in [6.45, 7) is 5.83. The second-order valence-electron chi connectivity index (χ2n) is 5.13. The molecule has 14 heavy (non-hydrogen) atoms. The summed E-state index contributed by atoms with van der Waals surface area (Å²) in [6.07, 6.45) is 2.37. The number of aliphatic hydroxyl groups is 1. The molecular formula is C11H21NO2. The van der Waals surface area contributed by atoms with Gasteiger partial charge in [-0.2, -0.15) is 0 Å². The lowest BCUT2D eigenvalue weighted by molar-refractivity contribution is -0.136. The Hall–Kier alpha value is -0.570. The third-order valence-corrected chi connectivity index (χ3v) is 2.72. The largest absolute Gasteiger partial charge is 0.389 e. The standard InChI is InChI=1S/C11H21NO2/c1-8(9-5-6-9)10(13)12(4)7-11(2,3)14/h8-9,14H,5-7H2,1-4H3.